The van der Waals surface area contributed by atoms with Crippen molar-refractivity contribution in [2.75, 3.05) is 19.5 Å². The monoisotopic (exact) mass is 383 g/mol. The van der Waals surface area contributed by atoms with Crippen LogP contribution in [0.5, 0.6) is 0 Å². The number of methoxy groups -OCH3 is 1. The standard InChI is InChI=1S/C13H13F4N3O4S/c1-23-4-5-25(21,22)18-7-9-3-2-8(6-10(9)14)11-19-12(24-20-11)13(15,16)17/h2-3,6,18H,4-5,7H2,1H3. The Bertz CT molecular complexity index is 836. The molecule has 0 fully saturated rings. The second-order valence-corrected chi connectivity index (χ2v) is 6.79. The molecule has 1 aromatic carbocycles. The molecule has 0 aliphatic carbocycles. The SMILES string of the molecule is COCCS(=O)(=O)NCc1ccc(-c2noc(C(F)(F)F)n2)cc1F. The Morgan fingerprint density at radius 3 is 2.60 bits per heavy atom. The van der Waals surface area contributed by atoms with Crippen LogP contribution in [-0.2, 0) is 27.5 Å². The molecule has 0 aliphatic rings. The number of nitrogens with one attached hydrogen (secondary N) is 1. The highest BCUT2D eigenvalue weighted by Gasteiger charge is 2.38. The van der Waals surface area contributed by atoms with E-state index >= 15 is 0 Å². The summed E-state index contributed by atoms with van der Waals surface area (Å²) in [7, 11) is -2.30. The van der Waals surface area contributed by atoms with E-state index in [2.05, 4.69) is 24.1 Å². The maximum absolute atomic E-state index is 14.0. The van der Waals surface area contributed by atoms with Crippen LogP contribution in [0.4, 0.5) is 17.6 Å². The number of rotatable bonds is 7. The summed E-state index contributed by atoms with van der Waals surface area (Å²) in [4.78, 5) is 3.15. The highest BCUT2D eigenvalue weighted by atomic mass is 32.2. The van der Waals surface area contributed by atoms with Crippen molar-refractivity contribution in [2.45, 2.75) is 12.7 Å². The van der Waals surface area contributed by atoms with E-state index in [-0.39, 0.29) is 30.0 Å². The van der Waals surface area contributed by atoms with Gasteiger partial charge in [-0.15, -0.1) is 0 Å². The summed E-state index contributed by atoms with van der Waals surface area (Å²) in [6, 6.07) is 3.36. The number of benzene rings is 1. The van der Waals surface area contributed by atoms with Gasteiger partial charge in [-0.3, -0.25) is 0 Å². The molecule has 1 N–H and O–H groups in total. The quantitative estimate of drug-likeness (QED) is 0.735. The Morgan fingerprint density at radius 1 is 1.32 bits per heavy atom. The van der Waals surface area contributed by atoms with Gasteiger partial charge in [-0.05, 0) is 6.07 Å². The maximum Gasteiger partial charge on any atom is 0.471 e. The minimum atomic E-state index is -4.80. The van der Waals surface area contributed by atoms with Crippen LogP contribution in [0.3, 0.4) is 0 Å². The summed E-state index contributed by atoms with van der Waals surface area (Å²) >= 11 is 0. The lowest BCUT2D eigenvalue weighted by Crippen LogP contribution is -2.28. The summed E-state index contributed by atoms with van der Waals surface area (Å²) in [5.41, 5.74) is -0.0352. The van der Waals surface area contributed by atoms with Crippen molar-refractivity contribution in [3.63, 3.8) is 0 Å². The minimum Gasteiger partial charge on any atom is -0.384 e. The lowest BCUT2D eigenvalue weighted by molar-refractivity contribution is -0.159. The van der Waals surface area contributed by atoms with E-state index in [0.29, 0.717) is 0 Å². The number of sulfonamides is 1. The van der Waals surface area contributed by atoms with E-state index in [9.17, 15) is 26.0 Å². The third-order valence-electron chi connectivity index (χ3n) is 3.02. The van der Waals surface area contributed by atoms with Crippen molar-refractivity contribution < 1.29 is 35.2 Å². The number of aromatic nitrogens is 2. The fourth-order valence-electron chi connectivity index (χ4n) is 1.74. The summed E-state index contributed by atoms with van der Waals surface area (Å²) in [5, 5.41) is 3.14. The fraction of sp³-hybridized carbons (Fsp3) is 0.385. The Kier molecular flexibility index (Phi) is 5.75. The van der Waals surface area contributed by atoms with Gasteiger partial charge in [-0.1, -0.05) is 17.3 Å². The van der Waals surface area contributed by atoms with Crippen LogP contribution in [0.2, 0.25) is 0 Å². The fourth-order valence-corrected chi connectivity index (χ4v) is 2.64. The van der Waals surface area contributed by atoms with E-state index in [0.717, 1.165) is 6.07 Å². The highest BCUT2D eigenvalue weighted by molar-refractivity contribution is 7.89. The van der Waals surface area contributed by atoms with E-state index in [1.807, 2.05) is 0 Å². The number of alkyl halides is 3. The summed E-state index contributed by atoms with van der Waals surface area (Å²) in [5.74, 6) is -3.09. The van der Waals surface area contributed by atoms with Crippen LogP contribution in [0.25, 0.3) is 11.4 Å². The van der Waals surface area contributed by atoms with Crippen LogP contribution < -0.4 is 4.72 Å². The predicted molar refractivity (Wildman–Crippen MR) is 77.2 cm³/mol. The van der Waals surface area contributed by atoms with Gasteiger partial charge >= 0.3 is 12.1 Å². The lowest BCUT2D eigenvalue weighted by atomic mass is 10.1. The first kappa shape index (κ1) is 19.3. The molecule has 0 aliphatic heterocycles. The molecule has 0 spiro atoms. The number of nitrogens with zero attached hydrogens (tertiary/aromatic N) is 2. The van der Waals surface area contributed by atoms with Gasteiger partial charge in [-0.25, -0.2) is 17.5 Å². The number of hydrogen-bond acceptors (Lipinski definition) is 6. The topological polar surface area (TPSA) is 94.3 Å². The van der Waals surface area contributed by atoms with Crippen LogP contribution in [0.1, 0.15) is 11.5 Å². The molecule has 12 heteroatoms. The molecule has 0 atom stereocenters. The van der Waals surface area contributed by atoms with E-state index < -0.39 is 33.7 Å². The third kappa shape index (κ3) is 5.21. The number of halogens is 4. The van der Waals surface area contributed by atoms with Gasteiger partial charge < -0.3 is 9.26 Å². The zero-order chi connectivity index (χ0) is 18.7. The molecule has 2 aromatic rings. The molecule has 7 nitrogen and oxygen atoms in total. The summed E-state index contributed by atoms with van der Waals surface area (Å²) in [6.45, 7) is -0.339. The number of ether oxygens (including phenoxy) is 1. The van der Waals surface area contributed by atoms with Crippen molar-refractivity contribution in [2.24, 2.45) is 0 Å². The zero-order valence-electron chi connectivity index (χ0n) is 12.8. The number of hydrogen-bond donors (Lipinski definition) is 1. The first-order chi connectivity index (χ1) is 11.6. The second-order valence-electron chi connectivity index (χ2n) is 4.86. The second kappa shape index (κ2) is 7.45. The van der Waals surface area contributed by atoms with Gasteiger partial charge in [0.2, 0.25) is 15.8 Å². The largest absolute Gasteiger partial charge is 0.471 e. The Hall–Kier alpha value is -2.05. The van der Waals surface area contributed by atoms with E-state index in [1.165, 1.54) is 19.2 Å². The van der Waals surface area contributed by atoms with Crippen LogP contribution >= 0.6 is 0 Å². The molecular weight excluding hydrogens is 370 g/mol. The first-order valence-electron chi connectivity index (χ1n) is 6.78. The van der Waals surface area contributed by atoms with Crippen molar-refractivity contribution in [1.82, 2.24) is 14.9 Å². The molecule has 0 unspecified atom stereocenters. The Morgan fingerprint density at radius 2 is 2.04 bits per heavy atom. The van der Waals surface area contributed by atoms with Crippen LogP contribution in [0, 0.1) is 5.82 Å². The molecule has 0 bridgehead atoms. The molecule has 1 heterocycles. The van der Waals surface area contributed by atoms with E-state index in [4.69, 9.17) is 0 Å². The predicted octanol–water partition coefficient (Wildman–Crippen LogP) is 1.96. The van der Waals surface area contributed by atoms with Crippen molar-refractivity contribution in [3.8, 4) is 11.4 Å². The van der Waals surface area contributed by atoms with Crippen molar-refractivity contribution >= 4 is 10.0 Å². The third-order valence-corrected chi connectivity index (χ3v) is 4.31. The maximum atomic E-state index is 14.0. The van der Waals surface area contributed by atoms with Gasteiger partial charge in [0.05, 0.1) is 12.4 Å². The lowest BCUT2D eigenvalue weighted by Gasteiger charge is -2.07. The van der Waals surface area contributed by atoms with Crippen molar-refractivity contribution in [3.05, 3.63) is 35.5 Å². The van der Waals surface area contributed by atoms with E-state index in [1.54, 1.807) is 0 Å². The molecule has 138 valence electrons. The van der Waals surface area contributed by atoms with Gasteiger partial charge in [0.25, 0.3) is 0 Å². The van der Waals surface area contributed by atoms with Gasteiger partial charge in [-0.2, -0.15) is 18.2 Å². The average Bonchev–Trinajstić information content (AvgIpc) is 3.02. The van der Waals surface area contributed by atoms with Crippen LogP contribution in [-0.4, -0.2) is 38.0 Å². The van der Waals surface area contributed by atoms with Gasteiger partial charge in [0.1, 0.15) is 5.82 Å². The minimum absolute atomic E-state index is 0.00396. The highest BCUT2D eigenvalue weighted by Crippen LogP contribution is 2.29. The molecular formula is C13H13F4N3O4S. The Balaban J connectivity index is 2.12. The van der Waals surface area contributed by atoms with Gasteiger partial charge in [0.15, 0.2) is 0 Å². The molecule has 0 amide bonds. The zero-order valence-corrected chi connectivity index (χ0v) is 13.6. The molecule has 0 saturated heterocycles. The average molecular weight is 383 g/mol. The van der Waals surface area contributed by atoms with Crippen molar-refractivity contribution in [1.29, 1.82) is 0 Å². The molecule has 1 aromatic heterocycles. The normalized spacial score (nSPS) is 12.5. The smallest absolute Gasteiger partial charge is 0.384 e. The van der Waals surface area contributed by atoms with Crippen LogP contribution in [0.15, 0.2) is 22.7 Å². The Labute approximate surface area is 140 Å². The summed E-state index contributed by atoms with van der Waals surface area (Å²) in [6.07, 6.45) is -4.80. The molecule has 2 rings (SSSR count). The molecule has 0 saturated carbocycles. The molecule has 0 radical (unpaired) electrons. The van der Waals surface area contributed by atoms with Gasteiger partial charge in [0, 0.05) is 24.8 Å². The molecule has 25 heavy (non-hydrogen) atoms. The summed E-state index contributed by atoms with van der Waals surface area (Å²) < 4.78 is 85.4. The first-order valence-corrected chi connectivity index (χ1v) is 8.43.